The fourth-order valence-electron chi connectivity index (χ4n) is 2.06. The fraction of sp³-hybridized carbons (Fsp3) is 0.278. The quantitative estimate of drug-likeness (QED) is 0.767. The lowest BCUT2D eigenvalue weighted by Crippen LogP contribution is -2.26. The van der Waals surface area contributed by atoms with Crippen LogP contribution in [0.1, 0.15) is 46.0 Å². The number of hydrogen-bond donors (Lipinski definition) is 2. The predicted octanol–water partition coefficient (Wildman–Crippen LogP) is 2.68. The largest absolute Gasteiger partial charge is 0.352 e. The highest BCUT2D eigenvalue weighted by Gasteiger charge is 2.11. The fourth-order valence-corrected chi connectivity index (χ4v) is 2.06. The third kappa shape index (κ3) is 5.15. The van der Waals surface area contributed by atoms with Crippen molar-refractivity contribution in [3.8, 4) is 0 Å². The Balaban J connectivity index is 1.95. The highest BCUT2D eigenvalue weighted by Crippen LogP contribution is 2.05. The summed E-state index contributed by atoms with van der Waals surface area (Å²) in [7, 11) is 0. The number of aromatic nitrogens is 1. The van der Waals surface area contributed by atoms with Crippen molar-refractivity contribution in [2.24, 2.45) is 0 Å². The second kappa shape index (κ2) is 8.76. The molecule has 1 heterocycles. The molecule has 0 aliphatic heterocycles. The van der Waals surface area contributed by atoms with E-state index in [4.69, 9.17) is 0 Å². The number of carbonyl (C=O) groups is 2. The molecule has 0 saturated heterocycles. The standard InChI is InChI=1S/C18H20FN3O2/c1-2-3-8-21-17(23)14-9-15(12-20-11-14)18(24)22-10-13-4-6-16(19)7-5-13/h4-7,9,11-12H,2-3,8,10H2,1H3,(H,21,23)(H,22,24). The first-order valence-electron chi connectivity index (χ1n) is 7.86. The van der Waals surface area contributed by atoms with E-state index in [0.29, 0.717) is 17.7 Å². The van der Waals surface area contributed by atoms with Crippen molar-refractivity contribution in [3.05, 3.63) is 65.2 Å². The molecule has 5 nitrogen and oxygen atoms in total. The molecule has 0 aliphatic rings. The van der Waals surface area contributed by atoms with Gasteiger partial charge < -0.3 is 10.6 Å². The number of nitrogens with one attached hydrogen (secondary N) is 2. The summed E-state index contributed by atoms with van der Waals surface area (Å²) in [4.78, 5) is 28.1. The molecular formula is C18H20FN3O2. The van der Waals surface area contributed by atoms with Crippen LogP contribution in [-0.4, -0.2) is 23.3 Å². The summed E-state index contributed by atoms with van der Waals surface area (Å²) in [6, 6.07) is 7.39. The summed E-state index contributed by atoms with van der Waals surface area (Å²) in [5, 5.41) is 5.50. The number of nitrogens with zero attached hydrogens (tertiary/aromatic N) is 1. The van der Waals surface area contributed by atoms with Crippen LogP contribution in [0.15, 0.2) is 42.7 Å². The Morgan fingerprint density at radius 1 is 1.04 bits per heavy atom. The van der Waals surface area contributed by atoms with Crippen LogP contribution in [0.4, 0.5) is 4.39 Å². The second-order valence-corrected chi connectivity index (χ2v) is 5.38. The predicted molar refractivity (Wildman–Crippen MR) is 89.0 cm³/mol. The lowest BCUT2D eigenvalue weighted by Gasteiger charge is -2.07. The van der Waals surface area contributed by atoms with Gasteiger partial charge in [0.1, 0.15) is 5.82 Å². The number of hydrogen-bond acceptors (Lipinski definition) is 3. The van der Waals surface area contributed by atoms with E-state index in [-0.39, 0.29) is 24.2 Å². The smallest absolute Gasteiger partial charge is 0.253 e. The first-order chi connectivity index (χ1) is 11.6. The topological polar surface area (TPSA) is 71.1 Å². The maximum atomic E-state index is 12.8. The summed E-state index contributed by atoms with van der Waals surface area (Å²) in [5.74, 6) is -0.907. The van der Waals surface area contributed by atoms with Gasteiger partial charge in [-0.15, -0.1) is 0 Å². The van der Waals surface area contributed by atoms with E-state index < -0.39 is 0 Å². The maximum Gasteiger partial charge on any atom is 0.253 e. The van der Waals surface area contributed by atoms with Crippen LogP contribution < -0.4 is 10.6 Å². The summed E-state index contributed by atoms with van der Waals surface area (Å²) < 4.78 is 12.8. The molecule has 2 N–H and O–H groups in total. The molecule has 0 fully saturated rings. The Kier molecular flexibility index (Phi) is 6.42. The van der Waals surface area contributed by atoms with Crippen LogP contribution >= 0.6 is 0 Å². The summed E-state index contributed by atoms with van der Waals surface area (Å²) in [5.41, 5.74) is 1.44. The van der Waals surface area contributed by atoms with E-state index in [0.717, 1.165) is 18.4 Å². The Bertz CT molecular complexity index is 702. The van der Waals surface area contributed by atoms with E-state index in [1.165, 1.54) is 30.6 Å². The van der Waals surface area contributed by atoms with Gasteiger partial charge in [0.2, 0.25) is 0 Å². The Hall–Kier alpha value is -2.76. The van der Waals surface area contributed by atoms with Gasteiger partial charge in [0.05, 0.1) is 11.1 Å². The zero-order valence-electron chi connectivity index (χ0n) is 13.5. The van der Waals surface area contributed by atoms with Gasteiger partial charge >= 0.3 is 0 Å². The van der Waals surface area contributed by atoms with E-state index in [1.807, 2.05) is 6.92 Å². The number of amides is 2. The Morgan fingerprint density at radius 2 is 1.67 bits per heavy atom. The minimum Gasteiger partial charge on any atom is -0.352 e. The van der Waals surface area contributed by atoms with Crippen molar-refractivity contribution in [1.29, 1.82) is 0 Å². The molecular weight excluding hydrogens is 309 g/mol. The Morgan fingerprint density at radius 3 is 2.29 bits per heavy atom. The van der Waals surface area contributed by atoms with Crippen molar-refractivity contribution in [2.45, 2.75) is 26.3 Å². The maximum absolute atomic E-state index is 12.8. The molecule has 2 amide bonds. The lowest BCUT2D eigenvalue weighted by molar-refractivity contribution is 0.0950. The first-order valence-corrected chi connectivity index (χ1v) is 7.86. The lowest BCUT2D eigenvalue weighted by atomic mass is 10.1. The summed E-state index contributed by atoms with van der Waals surface area (Å²) >= 11 is 0. The van der Waals surface area contributed by atoms with Crippen LogP contribution in [0.25, 0.3) is 0 Å². The van der Waals surface area contributed by atoms with Gasteiger partial charge in [-0.3, -0.25) is 14.6 Å². The van der Waals surface area contributed by atoms with Gasteiger partial charge in [-0.25, -0.2) is 4.39 Å². The number of carbonyl (C=O) groups excluding carboxylic acids is 2. The molecule has 0 aliphatic carbocycles. The highest BCUT2D eigenvalue weighted by molar-refractivity contribution is 5.99. The SMILES string of the molecule is CCCCNC(=O)c1cncc(C(=O)NCc2ccc(F)cc2)c1. The Labute approximate surface area is 140 Å². The van der Waals surface area contributed by atoms with Crippen LogP contribution in [0.5, 0.6) is 0 Å². The molecule has 126 valence electrons. The zero-order chi connectivity index (χ0) is 17.4. The van der Waals surface area contributed by atoms with Gasteiger partial charge in [-0.1, -0.05) is 25.5 Å². The molecule has 6 heteroatoms. The van der Waals surface area contributed by atoms with E-state index in [1.54, 1.807) is 12.1 Å². The monoisotopic (exact) mass is 329 g/mol. The van der Waals surface area contributed by atoms with Crippen molar-refractivity contribution < 1.29 is 14.0 Å². The van der Waals surface area contributed by atoms with Crippen LogP contribution in [0.2, 0.25) is 0 Å². The van der Waals surface area contributed by atoms with Gasteiger partial charge in [-0.2, -0.15) is 0 Å². The van der Waals surface area contributed by atoms with Crippen molar-refractivity contribution in [3.63, 3.8) is 0 Å². The van der Waals surface area contributed by atoms with E-state index in [9.17, 15) is 14.0 Å². The van der Waals surface area contributed by atoms with Gasteiger partial charge in [0, 0.05) is 25.5 Å². The molecule has 0 atom stereocenters. The number of rotatable bonds is 7. The second-order valence-electron chi connectivity index (χ2n) is 5.38. The number of unbranched alkanes of at least 4 members (excludes halogenated alkanes) is 1. The number of pyridine rings is 1. The minimum atomic E-state index is -0.338. The molecule has 0 bridgehead atoms. The van der Waals surface area contributed by atoms with E-state index >= 15 is 0 Å². The third-order valence-corrected chi connectivity index (χ3v) is 3.44. The summed E-state index contributed by atoms with van der Waals surface area (Å²) in [6.07, 6.45) is 4.72. The molecule has 24 heavy (non-hydrogen) atoms. The van der Waals surface area contributed by atoms with Crippen LogP contribution in [0.3, 0.4) is 0 Å². The molecule has 0 unspecified atom stereocenters. The minimum absolute atomic E-state index is 0.246. The molecule has 0 radical (unpaired) electrons. The van der Waals surface area contributed by atoms with Crippen molar-refractivity contribution in [2.75, 3.05) is 6.54 Å². The van der Waals surface area contributed by atoms with Crippen molar-refractivity contribution >= 4 is 11.8 Å². The average Bonchev–Trinajstić information content (AvgIpc) is 2.61. The molecule has 0 spiro atoms. The van der Waals surface area contributed by atoms with Gasteiger partial charge in [-0.05, 0) is 30.2 Å². The number of benzene rings is 1. The third-order valence-electron chi connectivity index (χ3n) is 3.44. The first kappa shape index (κ1) is 17.6. The molecule has 2 rings (SSSR count). The van der Waals surface area contributed by atoms with Gasteiger partial charge in [0.25, 0.3) is 11.8 Å². The average molecular weight is 329 g/mol. The van der Waals surface area contributed by atoms with Crippen LogP contribution in [0, 0.1) is 5.82 Å². The normalized spacial score (nSPS) is 10.2. The zero-order valence-corrected chi connectivity index (χ0v) is 13.5. The molecule has 2 aromatic rings. The molecule has 1 aromatic carbocycles. The molecule has 1 aromatic heterocycles. The summed E-state index contributed by atoms with van der Waals surface area (Å²) in [6.45, 7) is 2.90. The van der Waals surface area contributed by atoms with Crippen LogP contribution in [-0.2, 0) is 6.54 Å². The van der Waals surface area contributed by atoms with Crippen molar-refractivity contribution in [1.82, 2.24) is 15.6 Å². The molecule has 0 saturated carbocycles. The number of halogens is 1. The highest BCUT2D eigenvalue weighted by atomic mass is 19.1. The van der Waals surface area contributed by atoms with Gasteiger partial charge in [0.15, 0.2) is 0 Å². The van der Waals surface area contributed by atoms with E-state index in [2.05, 4.69) is 15.6 Å².